The molecule has 0 aliphatic carbocycles. The average Bonchev–Trinajstić information content (AvgIpc) is 3.56. The first kappa shape index (κ1) is 23.1. The van der Waals surface area contributed by atoms with E-state index in [1.165, 1.54) is 64.5 Å². The van der Waals surface area contributed by atoms with Crippen LogP contribution in [0.4, 0.5) is 11.4 Å². The van der Waals surface area contributed by atoms with Gasteiger partial charge in [-0.3, -0.25) is 0 Å². The highest BCUT2D eigenvalue weighted by molar-refractivity contribution is 7.25. The third kappa shape index (κ3) is 3.63. The smallest absolute Gasteiger partial charge is 0.0542 e. The monoisotopic (exact) mass is 530 g/mol. The van der Waals surface area contributed by atoms with Gasteiger partial charge in [-0.15, -0.1) is 11.3 Å². The van der Waals surface area contributed by atoms with Crippen molar-refractivity contribution in [1.82, 2.24) is 4.57 Å². The van der Waals surface area contributed by atoms with Crippen LogP contribution in [0.15, 0.2) is 140 Å². The molecule has 2 nitrogen and oxygen atoms in total. The van der Waals surface area contributed by atoms with Crippen molar-refractivity contribution in [1.29, 1.82) is 0 Å². The lowest BCUT2D eigenvalue weighted by molar-refractivity contribution is 1.17. The third-order valence-electron chi connectivity index (χ3n) is 8.02. The maximum absolute atomic E-state index is 2.36. The summed E-state index contributed by atoms with van der Waals surface area (Å²) in [5.74, 6) is 0. The molecule has 190 valence electrons. The zero-order valence-corrected chi connectivity index (χ0v) is 22.9. The molecule has 0 radical (unpaired) electrons. The van der Waals surface area contributed by atoms with Crippen molar-refractivity contribution in [2.24, 2.45) is 0 Å². The number of hydrogen-bond donors (Lipinski definition) is 0. The minimum absolute atomic E-state index is 1.16. The molecule has 0 saturated carbocycles. The molecule has 8 rings (SSSR count). The molecule has 0 N–H and O–H groups in total. The van der Waals surface area contributed by atoms with E-state index < -0.39 is 0 Å². The van der Waals surface area contributed by atoms with Gasteiger partial charge in [0.05, 0.1) is 11.0 Å². The number of thiophene rings is 1. The molecule has 2 aromatic heterocycles. The fourth-order valence-electron chi connectivity index (χ4n) is 5.96. The van der Waals surface area contributed by atoms with Crippen molar-refractivity contribution >= 4 is 64.7 Å². The molecule has 0 saturated heterocycles. The normalized spacial score (nSPS) is 11.6. The van der Waals surface area contributed by atoms with Gasteiger partial charge < -0.3 is 9.47 Å². The van der Waals surface area contributed by atoms with Gasteiger partial charge in [0.1, 0.15) is 0 Å². The van der Waals surface area contributed by atoms with Crippen molar-refractivity contribution in [3.63, 3.8) is 0 Å². The summed E-state index contributed by atoms with van der Waals surface area (Å²) in [6.45, 7) is 0. The lowest BCUT2D eigenvalue weighted by Crippen LogP contribution is -2.09. The Bertz CT molecular complexity index is 2170. The van der Waals surface area contributed by atoms with Crippen molar-refractivity contribution < 1.29 is 0 Å². The summed E-state index contributed by atoms with van der Waals surface area (Å²) in [6.07, 6.45) is 0. The molecule has 0 amide bonds. The minimum atomic E-state index is 1.16. The van der Waals surface area contributed by atoms with E-state index in [2.05, 4.69) is 156 Å². The first-order valence-corrected chi connectivity index (χ1v) is 14.4. The van der Waals surface area contributed by atoms with Gasteiger partial charge in [-0.05, 0) is 71.8 Å². The van der Waals surface area contributed by atoms with Crippen LogP contribution in [-0.4, -0.2) is 11.6 Å². The second-order valence-corrected chi connectivity index (χ2v) is 11.4. The van der Waals surface area contributed by atoms with Crippen molar-refractivity contribution in [3.8, 4) is 16.8 Å². The highest BCUT2D eigenvalue weighted by Gasteiger charge is 2.14. The summed E-state index contributed by atoms with van der Waals surface area (Å²) in [6, 6.07) is 50.5. The molecule has 0 aliphatic heterocycles. The van der Waals surface area contributed by atoms with Crippen LogP contribution in [0, 0.1) is 0 Å². The van der Waals surface area contributed by atoms with E-state index in [4.69, 9.17) is 0 Å². The fourth-order valence-corrected chi connectivity index (χ4v) is 7.10. The number of fused-ring (bicyclic) bond motifs is 6. The Morgan fingerprint density at radius 3 is 1.98 bits per heavy atom. The van der Waals surface area contributed by atoms with Gasteiger partial charge in [0.25, 0.3) is 0 Å². The fraction of sp³-hybridized carbons (Fsp3) is 0.0270. The average molecular weight is 531 g/mol. The highest BCUT2D eigenvalue weighted by atomic mass is 32.1. The summed E-state index contributed by atoms with van der Waals surface area (Å²) in [5, 5.41) is 5.21. The molecule has 0 spiro atoms. The van der Waals surface area contributed by atoms with Gasteiger partial charge in [0.2, 0.25) is 0 Å². The lowest BCUT2D eigenvalue weighted by atomic mass is 10.0. The van der Waals surface area contributed by atoms with E-state index in [1.54, 1.807) is 0 Å². The molecule has 6 aromatic carbocycles. The van der Waals surface area contributed by atoms with E-state index in [0.29, 0.717) is 0 Å². The molecule has 0 atom stereocenters. The zero-order chi connectivity index (χ0) is 26.6. The van der Waals surface area contributed by atoms with Crippen LogP contribution in [0.3, 0.4) is 0 Å². The topological polar surface area (TPSA) is 8.17 Å². The van der Waals surface area contributed by atoms with Gasteiger partial charge in [0, 0.05) is 55.1 Å². The molecule has 8 aromatic rings. The summed E-state index contributed by atoms with van der Waals surface area (Å²) in [5.41, 5.74) is 8.45. The molecular weight excluding hydrogens is 504 g/mol. The minimum Gasteiger partial charge on any atom is -0.345 e. The molecule has 2 heterocycles. The third-order valence-corrected chi connectivity index (χ3v) is 9.16. The van der Waals surface area contributed by atoms with Gasteiger partial charge in [-0.1, -0.05) is 78.9 Å². The van der Waals surface area contributed by atoms with Crippen molar-refractivity contribution in [2.45, 2.75) is 0 Å². The maximum Gasteiger partial charge on any atom is 0.0542 e. The van der Waals surface area contributed by atoms with Crippen LogP contribution in [0.25, 0.3) is 58.8 Å². The summed E-state index contributed by atoms with van der Waals surface area (Å²) >= 11 is 1.87. The zero-order valence-electron chi connectivity index (χ0n) is 22.1. The van der Waals surface area contributed by atoms with Crippen LogP contribution in [0.1, 0.15) is 0 Å². The molecule has 0 bridgehead atoms. The first-order chi connectivity index (χ1) is 19.7. The van der Waals surface area contributed by atoms with Crippen LogP contribution in [0.5, 0.6) is 0 Å². The molecule has 0 fully saturated rings. The summed E-state index contributed by atoms with van der Waals surface area (Å²) < 4.78 is 5.04. The number of aromatic nitrogens is 1. The quantitative estimate of drug-likeness (QED) is 0.220. The lowest BCUT2D eigenvalue weighted by Gasteiger charge is -2.20. The number of benzene rings is 6. The van der Waals surface area contributed by atoms with Gasteiger partial charge in [-0.2, -0.15) is 0 Å². The Hall–Kier alpha value is -4.86. The number of nitrogens with zero attached hydrogens (tertiary/aromatic N) is 2. The Morgan fingerprint density at radius 1 is 0.475 bits per heavy atom. The highest BCUT2D eigenvalue weighted by Crippen LogP contribution is 2.38. The van der Waals surface area contributed by atoms with E-state index in [-0.39, 0.29) is 0 Å². The number of para-hydroxylation sites is 2. The van der Waals surface area contributed by atoms with Gasteiger partial charge in [0.15, 0.2) is 0 Å². The standard InChI is InChI=1S/C37H26N2S/c1-38(27-18-15-25(16-19-27)26-17-21-32-31-12-6-8-14-36(31)40-37(32)23-26)29-20-22-35-33(24-29)30-11-5-7-13-34(30)39(35)28-9-3-2-4-10-28/h2-24H,1H3. The SMILES string of the molecule is CN(c1ccc(-c2ccc3c(c2)sc2ccccc23)cc1)c1ccc2c(c1)c1ccccc1n2-c1ccccc1. The molecule has 40 heavy (non-hydrogen) atoms. The molecular formula is C37H26N2S. The van der Waals surface area contributed by atoms with Crippen molar-refractivity contribution in [3.05, 3.63) is 140 Å². The second kappa shape index (κ2) is 9.11. The number of anilines is 2. The van der Waals surface area contributed by atoms with Crippen LogP contribution < -0.4 is 4.90 Å². The molecule has 0 unspecified atom stereocenters. The van der Waals surface area contributed by atoms with Crippen LogP contribution in [-0.2, 0) is 0 Å². The molecule has 0 aliphatic rings. The van der Waals surface area contributed by atoms with E-state index in [9.17, 15) is 0 Å². The van der Waals surface area contributed by atoms with Crippen molar-refractivity contribution in [2.75, 3.05) is 11.9 Å². The van der Waals surface area contributed by atoms with E-state index >= 15 is 0 Å². The Labute approximate surface area is 237 Å². The predicted molar refractivity (Wildman–Crippen MR) is 174 cm³/mol. The van der Waals surface area contributed by atoms with E-state index in [1.807, 2.05) is 11.3 Å². The Balaban J connectivity index is 1.15. The Kier molecular flexibility index (Phi) is 5.26. The first-order valence-electron chi connectivity index (χ1n) is 13.6. The number of hydrogen-bond acceptors (Lipinski definition) is 2. The summed E-state index contributed by atoms with van der Waals surface area (Å²) in [4.78, 5) is 2.27. The largest absolute Gasteiger partial charge is 0.345 e. The van der Waals surface area contributed by atoms with Gasteiger partial charge in [-0.25, -0.2) is 0 Å². The van der Waals surface area contributed by atoms with E-state index in [0.717, 1.165) is 5.69 Å². The number of rotatable bonds is 4. The maximum atomic E-state index is 2.36. The van der Waals surface area contributed by atoms with Crippen LogP contribution >= 0.6 is 11.3 Å². The predicted octanol–water partition coefficient (Wildman–Crippen LogP) is 10.6. The summed E-state index contributed by atoms with van der Waals surface area (Å²) in [7, 11) is 2.15. The Morgan fingerprint density at radius 2 is 1.12 bits per heavy atom. The van der Waals surface area contributed by atoms with Crippen LogP contribution in [0.2, 0.25) is 0 Å². The van der Waals surface area contributed by atoms with Gasteiger partial charge >= 0.3 is 0 Å². The second-order valence-electron chi connectivity index (χ2n) is 10.3. The molecule has 3 heteroatoms.